The molecule has 0 saturated heterocycles. The van der Waals surface area contributed by atoms with Gasteiger partial charge in [0.05, 0.1) is 6.61 Å². The third kappa shape index (κ3) is 12.1. The van der Waals surface area contributed by atoms with Crippen molar-refractivity contribution in [3.8, 4) is 5.75 Å². The predicted octanol–water partition coefficient (Wildman–Crippen LogP) is 3.29. The fraction of sp³-hybridized carbons (Fsp3) is 0.591. The average molecular weight is 503 g/mol. The zero-order chi connectivity index (χ0) is 25.6. The second-order valence-electron chi connectivity index (χ2n) is 7.56. The van der Waals surface area contributed by atoms with Gasteiger partial charge in [-0.2, -0.15) is 0 Å². The SMILES string of the molecule is CCC(=O)NCC(=O)Oc1c(C)cc(COC(=O)NCCCCCCOP(=O)(O)OC)cc1C. The van der Waals surface area contributed by atoms with E-state index in [9.17, 15) is 18.9 Å². The van der Waals surface area contributed by atoms with Crippen molar-refractivity contribution < 1.29 is 42.4 Å². The van der Waals surface area contributed by atoms with Gasteiger partial charge in [0.25, 0.3) is 0 Å². The number of unbranched alkanes of at least 4 members (excludes halogenated alkanes) is 3. The van der Waals surface area contributed by atoms with Crippen LogP contribution in [0.15, 0.2) is 12.1 Å². The summed E-state index contributed by atoms with van der Waals surface area (Å²) >= 11 is 0. The summed E-state index contributed by atoms with van der Waals surface area (Å²) in [5.41, 5.74) is 2.17. The second kappa shape index (κ2) is 15.4. The smallest absolute Gasteiger partial charge is 0.445 e. The van der Waals surface area contributed by atoms with E-state index in [2.05, 4.69) is 15.2 Å². The van der Waals surface area contributed by atoms with Crippen LogP contribution in [0.25, 0.3) is 0 Å². The van der Waals surface area contributed by atoms with Crippen LogP contribution in [-0.4, -0.2) is 49.7 Å². The molecule has 2 amide bonds. The number of aryl methyl sites for hydroxylation is 2. The molecule has 0 aromatic heterocycles. The minimum Gasteiger partial charge on any atom is -0.445 e. The standard InChI is InChI=1S/C22H35N2O9P/c1-5-19(25)24-14-20(26)33-21-16(2)12-18(13-17(21)3)15-31-22(27)23-10-8-6-7-9-11-32-34(28,29)30-4/h12-13H,5-11,14-15H2,1-4H3,(H,23,27)(H,24,25)(H,28,29). The second-order valence-corrected chi connectivity index (χ2v) is 9.13. The first kappa shape index (κ1) is 29.6. The summed E-state index contributed by atoms with van der Waals surface area (Å²) in [7, 11) is -2.80. The molecule has 0 heterocycles. The van der Waals surface area contributed by atoms with Crippen molar-refractivity contribution >= 4 is 25.8 Å². The van der Waals surface area contributed by atoms with Gasteiger partial charge in [0, 0.05) is 20.1 Å². The minimum atomic E-state index is -3.91. The number of nitrogens with one attached hydrogen (secondary N) is 2. The summed E-state index contributed by atoms with van der Waals surface area (Å²) in [6, 6.07) is 3.54. The van der Waals surface area contributed by atoms with E-state index >= 15 is 0 Å². The molecule has 11 nitrogen and oxygen atoms in total. The normalized spacial score (nSPS) is 12.5. The Labute approximate surface area is 200 Å². The summed E-state index contributed by atoms with van der Waals surface area (Å²) in [4.78, 5) is 44.2. The number of amides is 2. The maximum absolute atomic E-state index is 11.9. The van der Waals surface area contributed by atoms with Gasteiger partial charge in [-0.15, -0.1) is 0 Å². The summed E-state index contributed by atoms with van der Waals surface area (Å²) in [6.45, 7) is 5.68. The molecule has 0 bridgehead atoms. The number of phosphoric ester groups is 1. The van der Waals surface area contributed by atoms with Crippen LogP contribution in [0.2, 0.25) is 0 Å². The van der Waals surface area contributed by atoms with Crippen molar-refractivity contribution in [1.29, 1.82) is 0 Å². The lowest BCUT2D eigenvalue weighted by atomic mass is 10.1. The van der Waals surface area contributed by atoms with E-state index in [1.165, 1.54) is 0 Å². The van der Waals surface area contributed by atoms with Gasteiger partial charge in [0.15, 0.2) is 0 Å². The maximum atomic E-state index is 11.9. The molecular formula is C22H35N2O9P. The molecule has 0 radical (unpaired) electrons. The van der Waals surface area contributed by atoms with Crippen LogP contribution >= 0.6 is 7.82 Å². The molecule has 1 unspecified atom stereocenters. The highest BCUT2D eigenvalue weighted by Crippen LogP contribution is 2.41. The number of esters is 1. The number of phosphoric acid groups is 1. The lowest BCUT2D eigenvalue weighted by Gasteiger charge is -2.13. The van der Waals surface area contributed by atoms with Crippen LogP contribution in [-0.2, 0) is 34.5 Å². The van der Waals surface area contributed by atoms with Crippen molar-refractivity contribution in [1.82, 2.24) is 10.6 Å². The van der Waals surface area contributed by atoms with Gasteiger partial charge in [0.2, 0.25) is 5.91 Å². The predicted molar refractivity (Wildman–Crippen MR) is 124 cm³/mol. The van der Waals surface area contributed by atoms with E-state index < -0.39 is 19.9 Å². The van der Waals surface area contributed by atoms with Gasteiger partial charge < -0.3 is 25.0 Å². The number of rotatable bonds is 15. The van der Waals surface area contributed by atoms with Gasteiger partial charge in [-0.3, -0.25) is 13.8 Å². The molecule has 3 N–H and O–H groups in total. The number of hydrogen-bond donors (Lipinski definition) is 3. The third-order valence-corrected chi connectivity index (χ3v) is 5.65. The number of alkyl carbamates (subject to hydrolysis) is 1. The number of benzene rings is 1. The molecule has 12 heteroatoms. The Morgan fingerprint density at radius 2 is 1.68 bits per heavy atom. The molecule has 0 spiro atoms. The van der Waals surface area contributed by atoms with E-state index in [0.29, 0.717) is 29.8 Å². The van der Waals surface area contributed by atoms with Gasteiger partial charge in [-0.25, -0.2) is 14.2 Å². The van der Waals surface area contributed by atoms with Crippen molar-refractivity contribution in [3.63, 3.8) is 0 Å². The zero-order valence-corrected chi connectivity index (χ0v) is 21.1. The quantitative estimate of drug-likeness (QED) is 0.142. The summed E-state index contributed by atoms with van der Waals surface area (Å²) in [6.07, 6.45) is 2.67. The fourth-order valence-corrected chi connectivity index (χ4v) is 3.40. The van der Waals surface area contributed by atoms with Crippen molar-refractivity contribution in [3.05, 3.63) is 28.8 Å². The number of carbonyl (C=O) groups excluding carboxylic acids is 3. The summed E-state index contributed by atoms with van der Waals surface area (Å²) in [5, 5.41) is 5.14. The van der Waals surface area contributed by atoms with Crippen molar-refractivity contribution in [2.24, 2.45) is 0 Å². The molecule has 1 aromatic rings. The highest BCUT2D eigenvalue weighted by Gasteiger charge is 2.17. The van der Waals surface area contributed by atoms with Crippen LogP contribution in [0, 0.1) is 13.8 Å². The van der Waals surface area contributed by atoms with Gasteiger partial charge >= 0.3 is 19.9 Å². The van der Waals surface area contributed by atoms with Crippen LogP contribution < -0.4 is 15.4 Å². The summed E-state index contributed by atoms with van der Waals surface area (Å²) in [5.74, 6) is -0.380. The van der Waals surface area contributed by atoms with E-state index in [0.717, 1.165) is 31.9 Å². The molecule has 34 heavy (non-hydrogen) atoms. The minimum absolute atomic E-state index is 0.0619. The average Bonchev–Trinajstić information content (AvgIpc) is 2.80. The molecule has 192 valence electrons. The Hall–Kier alpha value is -2.46. The first-order valence-electron chi connectivity index (χ1n) is 11.1. The molecule has 0 saturated carbocycles. The third-order valence-electron chi connectivity index (χ3n) is 4.68. The van der Waals surface area contributed by atoms with E-state index in [1.807, 2.05) is 0 Å². The molecular weight excluding hydrogens is 467 g/mol. The molecule has 0 aliphatic heterocycles. The van der Waals surface area contributed by atoms with Crippen LogP contribution in [0.5, 0.6) is 5.75 Å². The number of hydrogen-bond acceptors (Lipinski definition) is 8. The monoisotopic (exact) mass is 502 g/mol. The number of ether oxygens (including phenoxy) is 2. The molecule has 1 atom stereocenters. The highest BCUT2D eigenvalue weighted by atomic mass is 31.2. The van der Waals surface area contributed by atoms with E-state index in [1.54, 1.807) is 32.9 Å². The molecule has 0 aliphatic rings. The Bertz CT molecular complexity index is 853. The van der Waals surface area contributed by atoms with Gasteiger partial charge in [-0.1, -0.05) is 19.8 Å². The molecule has 0 aliphatic carbocycles. The fourth-order valence-electron chi connectivity index (χ4n) is 2.93. The topological polar surface area (TPSA) is 149 Å². The van der Waals surface area contributed by atoms with Crippen LogP contribution in [0.1, 0.15) is 55.7 Å². The lowest BCUT2D eigenvalue weighted by molar-refractivity contribution is -0.135. The van der Waals surface area contributed by atoms with Gasteiger partial charge in [0.1, 0.15) is 18.9 Å². The Kier molecular flexibility index (Phi) is 13.4. The largest absolute Gasteiger partial charge is 0.471 e. The van der Waals surface area contributed by atoms with E-state index in [-0.39, 0.29) is 32.1 Å². The molecule has 1 aromatic carbocycles. The first-order chi connectivity index (χ1) is 16.1. The van der Waals surface area contributed by atoms with Crippen LogP contribution in [0.3, 0.4) is 0 Å². The van der Waals surface area contributed by atoms with E-state index in [4.69, 9.17) is 18.9 Å². The Morgan fingerprint density at radius 1 is 1.03 bits per heavy atom. The Morgan fingerprint density at radius 3 is 2.29 bits per heavy atom. The van der Waals surface area contributed by atoms with Gasteiger partial charge in [-0.05, 0) is 55.5 Å². The van der Waals surface area contributed by atoms with Crippen molar-refractivity contribution in [2.45, 2.75) is 59.5 Å². The molecule has 1 rings (SSSR count). The highest BCUT2D eigenvalue weighted by molar-refractivity contribution is 7.47. The van der Waals surface area contributed by atoms with Crippen LogP contribution in [0.4, 0.5) is 4.79 Å². The van der Waals surface area contributed by atoms with Crippen molar-refractivity contribution in [2.75, 3.05) is 26.8 Å². The Balaban J connectivity index is 2.31. The summed E-state index contributed by atoms with van der Waals surface area (Å²) < 4.78 is 30.8. The first-order valence-corrected chi connectivity index (χ1v) is 12.6. The lowest BCUT2D eigenvalue weighted by Crippen LogP contribution is -2.31. The maximum Gasteiger partial charge on any atom is 0.471 e. The zero-order valence-electron chi connectivity index (χ0n) is 20.2. The molecule has 0 fully saturated rings. The number of carbonyl (C=O) groups is 3.